The van der Waals surface area contributed by atoms with E-state index in [0.29, 0.717) is 19.4 Å². The Hall–Kier alpha value is -2.82. The number of benzene rings is 2. The topological polar surface area (TPSA) is 72.8 Å². The van der Waals surface area contributed by atoms with E-state index in [1.807, 2.05) is 45.9 Å². The number of phenolic OH excluding ortho intramolecular Hbond substituents is 1. The highest BCUT2D eigenvalue weighted by atomic mass is 16.5. The monoisotopic (exact) mass is 384 g/mol. The summed E-state index contributed by atoms with van der Waals surface area (Å²) in [6.07, 6.45) is 1.29. The fourth-order valence-corrected chi connectivity index (χ4v) is 2.77. The summed E-state index contributed by atoms with van der Waals surface area (Å²) in [7, 11) is 0. The van der Waals surface area contributed by atoms with Gasteiger partial charge in [0.05, 0.1) is 17.6 Å². The van der Waals surface area contributed by atoms with E-state index < -0.39 is 5.41 Å². The van der Waals surface area contributed by atoms with E-state index in [1.165, 1.54) is 25.1 Å². The lowest BCUT2D eigenvalue weighted by molar-refractivity contribution is -0.144. The third-order valence-electron chi connectivity index (χ3n) is 4.66. The Morgan fingerprint density at radius 2 is 1.79 bits per heavy atom. The molecule has 2 aromatic carbocycles. The first-order chi connectivity index (χ1) is 13.1. The lowest BCUT2D eigenvalue weighted by atomic mass is 9.88. The number of hydrogen-bond donors (Lipinski definition) is 1. The lowest BCUT2D eigenvalue weighted by Gasteiger charge is -2.22. The Balaban J connectivity index is 1.91. The maximum absolute atomic E-state index is 12.6. The molecule has 0 fully saturated rings. The molecule has 0 aromatic heterocycles. The average Bonchev–Trinajstić information content (AvgIpc) is 2.62. The van der Waals surface area contributed by atoms with Gasteiger partial charge in [0, 0.05) is 0 Å². The zero-order valence-corrected chi connectivity index (χ0v) is 17.2. The van der Waals surface area contributed by atoms with Crippen LogP contribution in [-0.2, 0) is 4.79 Å². The van der Waals surface area contributed by atoms with Gasteiger partial charge in [-0.3, -0.25) is 9.59 Å². The lowest BCUT2D eigenvalue weighted by Crippen LogP contribution is -2.29. The van der Waals surface area contributed by atoms with Crippen LogP contribution in [0.2, 0.25) is 0 Å². The highest BCUT2D eigenvalue weighted by Gasteiger charge is 2.29. The average molecular weight is 384 g/mol. The zero-order valence-electron chi connectivity index (χ0n) is 17.2. The van der Waals surface area contributed by atoms with Crippen molar-refractivity contribution in [1.82, 2.24) is 0 Å². The van der Waals surface area contributed by atoms with E-state index in [0.717, 1.165) is 16.9 Å². The normalized spacial score (nSPS) is 11.2. The van der Waals surface area contributed by atoms with Gasteiger partial charge in [0.2, 0.25) is 0 Å². The summed E-state index contributed by atoms with van der Waals surface area (Å²) in [5, 5.41) is 9.70. The molecule has 2 aromatic rings. The van der Waals surface area contributed by atoms with Crippen molar-refractivity contribution in [2.75, 3.05) is 6.61 Å². The third-order valence-corrected chi connectivity index (χ3v) is 4.66. The molecule has 0 radical (unpaired) electrons. The van der Waals surface area contributed by atoms with Crippen LogP contribution in [0, 0.1) is 19.3 Å². The molecule has 0 saturated heterocycles. The zero-order chi connectivity index (χ0) is 20.9. The van der Waals surface area contributed by atoms with Crippen LogP contribution in [0.3, 0.4) is 0 Å². The number of Topliss-reactive ketones (excluding diaryl/α,β-unsaturated/α-hetero) is 1. The number of aromatic hydroxyl groups is 1. The number of carbonyl (C=O) groups is 2. The van der Waals surface area contributed by atoms with Crippen LogP contribution < -0.4 is 9.47 Å². The number of phenols is 1. The van der Waals surface area contributed by atoms with Gasteiger partial charge < -0.3 is 14.6 Å². The van der Waals surface area contributed by atoms with Crippen LogP contribution in [-0.4, -0.2) is 23.5 Å². The predicted molar refractivity (Wildman–Crippen MR) is 108 cm³/mol. The highest BCUT2D eigenvalue weighted by Crippen LogP contribution is 2.29. The minimum atomic E-state index is -0.709. The molecule has 1 N–H and O–H groups in total. The molecule has 0 heterocycles. The minimum Gasteiger partial charge on any atom is -0.507 e. The summed E-state index contributed by atoms with van der Waals surface area (Å²) in [5.74, 6) is 0.293. The molecule has 0 saturated carbocycles. The van der Waals surface area contributed by atoms with Crippen molar-refractivity contribution in [2.45, 2.75) is 47.5 Å². The Bertz CT molecular complexity index is 867. The fraction of sp³-hybridized carbons (Fsp3) is 0.391. The van der Waals surface area contributed by atoms with Crippen LogP contribution in [0.25, 0.3) is 0 Å². The van der Waals surface area contributed by atoms with Crippen molar-refractivity contribution in [3.63, 3.8) is 0 Å². The van der Waals surface area contributed by atoms with Gasteiger partial charge >= 0.3 is 5.97 Å². The van der Waals surface area contributed by atoms with E-state index >= 15 is 0 Å². The molecule has 0 atom stereocenters. The smallest absolute Gasteiger partial charge is 0.316 e. The largest absolute Gasteiger partial charge is 0.507 e. The molecule has 2 rings (SSSR count). The van der Waals surface area contributed by atoms with Gasteiger partial charge in [0.25, 0.3) is 0 Å². The summed E-state index contributed by atoms with van der Waals surface area (Å²) in [6, 6.07) is 10.3. The highest BCUT2D eigenvalue weighted by molar-refractivity contribution is 5.97. The molecular weight excluding hydrogens is 356 g/mol. The van der Waals surface area contributed by atoms with Crippen LogP contribution in [0.15, 0.2) is 36.4 Å². The number of aryl methyl sites for hydroxylation is 2. The standard InChI is InChI=1S/C23H28O5/c1-15-7-8-16(2)21(13-15)27-12-6-11-23(4,5)22(26)28-18-9-10-20(25)19(14-18)17(3)24/h7-10,13-14,25H,6,11-12H2,1-5H3. The number of esters is 1. The maximum atomic E-state index is 12.6. The number of carbonyl (C=O) groups excluding carboxylic acids is 2. The summed E-state index contributed by atoms with van der Waals surface area (Å²) in [6.45, 7) is 9.52. The number of ether oxygens (including phenoxy) is 2. The molecule has 28 heavy (non-hydrogen) atoms. The van der Waals surface area contributed by atoms with Crippen LogP contribution in [0.1, 0.15) is 55.1 Å². The number of ketones is 1. The fourth-order valence-electron chi connectivity index (χ4n) is 2.77. The summed E-state index contributed by atoms with van der Waals surface area (Å²) in [4.78, 5) is 24.1. The summed E-state index contributed by atoms with van der Waals surface area (Å²) >= 11 is 0. The molecule has 0 aliphatic rings. The first-order valence-electron chi connectivity index (χ1n) is 9.36. The Morgan fingerprint density at radius 3 is 2.46 bits per heavy atom. The van der Waals surface area contributed by atoms with Crippen molar-refractivity contribution >= 4 is 11.8 Å². The van der Waals surface area contributed by atoms with Crippen molar-refractivity contribution < 1.29 is 24.2 Å². The van der Waals surface area contributed by atoms with Gasteiger partial charge in [-0.05, 0) is 82.9 Å². The third kappa shape index (κ3) is 5.59. The second-order valence-electron chi connectivity index (χ2n) is 7.73. The maximum Gasteiger partial charge on any atom is 0.316 e. The van der Waals surface area contributed by atoms with Crippen LogP contribution in [0.4, 0.5) is 0 Å². The van der Waals surface area contributed by atoms with Crippen molar-refractivity contribution in [2.24, 2.45) is 5.41 Å². The van der Waals surface area contributed by atoms with E-state index in [9.17, 15) is 14.7 Å². The van der Waals surface area contributed by atoms with Gasteiger partial charge in [0.15, 0.2) is 5.78 Å². The Labute approximate surface area is 166 Å². The molecule has 0 bridgehead atoms. The van der Waals surface area contributed by atoms with Gasteiger partial charge in [-0.25, -0.2) is 0 Å². The first kappa shape index (κ1) is 21.5. The van der Waals surface area contributed by atoms with Gasteiger partial charge in [0.1, 0.15) is 17.2 Å². The summed E-state index contributed by atoms with van der Waals surface area (Å²) < 4.78 is 11.3. The molecule has 150 valence electrons. The second kappa shape index (κ2) is 8.91. The predicted octanol–water partition coefficient (Wildman–Crippen LogP) is 5.00. The molecule has 0 aliphatic carbocycles. The van der Waals surface area contributed by atoms with E-state index in [2.05, 4.69) is 0 Å². The van der Waals surface area contributed by atoms with Crippen LogP contribution in [0.5, 0.6) is 17.2 Å². The first-order valence-corrected chi connectivity index (χ1v) is 9.36. The summed E-state index contributed by atoms with van der Waals surface area (Å²) in [5.41, 5.74) is 1.64. The number of hydrogen-bond acceptors (Lipinski definition) is 5. The van der Waals surface area contributed by atoms with Gasteiger partial charge in [-0.2, -0.15) is 0 Å². The van der Waals surface area contributed by atoms with Crippen molar-refractivity contribution in [1.29, 1.82) is 0 Å². The molecule has 0 unspecified atom stereocenters. The van der Waals surface area contributed by atoms with Crippen molar-refractivity contribution in [3.8, 4) is 17.2 Å². The second-order valence-corrected chi connectivity index (χ2v) is 7.73. The van der Waals surface area contributed by atoms with Gasteiger partial charge in [-0.1, -0.05) is 12.1 Å². The van der Waals surface area contributed by atoms with Gasteiger partial charge in [-0.15, -0.1) is 0 Å². The van der Waals surface area contributed by atoms with E-state index in [1.54, 1.807) is 0 Å². The molecular formula is C23H28O5. The van der Waals surface area contributed by atoms with E-state index in [-0.39, 0.29) is 28.8 Å². The number of rotatable bonds is 8. The van der Waals surface area contributed by atoms with E-state index in [4.69, 9.17) is 9.47 Å². The minimum absolute atomic E-state index is 0.129. The SMILES string of the molecule is CC(=O)c1cc(OC(=O)C(C)(C)CCCOc2cc(C)ccc2C)ccc1O. The Morgan fingerprint density at radius 1 is 1.07 bits per heavy atom. The molecule has 5 nitrogen and oxygen atoms in total. The van der Waals surface area contributed by atoms with Crippen LogP contribution >= 0.6 is 0 Å². The molecule has 0 amide bonds. The molecule has 0 spiro atoms. The molecule has 5 heteroatoms. The molecule has 0 aliphatic heterocycles. The Kier molecular flexibility index (Phi) is 6.84. The van der Waals surface area contributed by atoms with Crippen molar-refractivity contribution in [3.05, 3.63) is 53.1 Å². The quantitative estimate of drug-likeness (QED) is 0.300.